The number of hydrogen-bond donors (Lipinski definition) is 0. The molecule has 3 nitrogen and oxygen atoms in total. The largest absolute Gasteiger partial charge is 2.00 e. The SMILES string of the molecule is CC#N.CC1=C(C)C(C)C(C)C1C.FP(F)(F)(F)F.N#CCC#N.[CH3-].[CH3-].[F-].[Ru+2]. The average Bonchev–Trinajstić information content (AvgIpc) is 2.57. The Balaban J connectivity index is -0.0000000435. The standard InChI is InChI=1S/C10H18.C3H2N2.C2H3N.2CH3.F5P.FH.Ru/c1-6-7(2)9(4)10(5)8(6)3;4-2-1-3-5;1-2-3;;;1-6(2,3,4)5;;/h6-8H,1-5H3;1H2;1H3;2*1H3;;1H;/q;;;2*-1;;;+2/p-1. The maximum Gasteiger partial charge on any atom is 2.00 e. The molecule has 2 atom stereocenters. The molecule has 0 N–H and O–H groups in total. The molecule has 0 spiro atoms. The number of halogens is 6. The molecule has 1 aliphatic carbocycles. The van der Waals surface area contributed by atoms with Crippen molar-refractivity contribution in [2.24, 2.45) is 17.8 Å². The number of rotatable bonds is 0. The minimum atomic E-state index is -8.55. The molecule has 28 heavy (non-hydrogen) atoms. The van der Waals surface area contributed by atoms with Gasteiger partial charge in [0.15, 0.2) is 0 Å². The van der Waals surface area contributed by atoms with Crippen molar-refractivity contribution in [2.75, 3.05) is 0 Å². The second kappa shape index (κ2) is 20.6. The zero-order valence-electron chi connectivity index (χ0n) is 17.3. The molecule has 0 saturated heterocycles. The first-order chi connectivity index (χ1) is 10.6. The average molecular weight is 521 g/mol. The van der Waals surface area contributed by atoms with E-state index in [-0.39, 0.29) is 45.5 Å². The Morgan fingerprint density at radius 1 is 0.821 bits per heavy atom. The molecule has 0 aromatic carbocycles. The van der Waals surface area contributed by atoms with Gasteiger partial charge in [-0.3, -0.25) is 0 Å². The van der Waals surface area contributed by atoms with E-state index in [1.165, 1.54) is 6.92 Å². The van der Waals surface area contributed by atoms with Gasteiger partial charge in [-0.05, 0) is 31.6 Å². The van der Waals surface area contributed by atoms with Crippen LogP contribution in [-0.4, -0.2) is 0 Å². The van der Waals surface area contributed by atoms with E-state index in [4.69, 9.17) is 15.8 Å². The van der Waals surface area contributed by atoms with Gasteiger partial charge in [0.2, 0.25) is 0 Å². The third-order valence-electron chi connectivity index (χ3n) is 3.72. The Labute approximate surface area is 179 Å². The molecule has 1 rings (SSSR count). The van der Waals surface area contributed by atoms with Crippen LogP contribution in [0, 0.1) is 66.6 Å². The van der Waals surface area contributed by atoms with Crippen LogP contribution in [0.4, 0.5) is 21.0 Å². The van der Waals surface area contributed by atoms with Gasteiger partial charge in [0.05, 0.1) is 18.2 Å². The normalized spacial score (nSPS) is 19.9. The number of nitrogens with zero attached hydrogens (tertiary/aromatic N) is 3. The zero-order chi connectivity index (χ0) is 20.2. The number of allylic oxidation sites excluding steroid dienone is 2. The molecule has 1 aliphatic rings. The minimum Gasteiger partial charge on any atom is -1.00 e. The van der Waals surface area contributed by atoms with E-state index in [9.17, 15) is 21.0 Å². The molecule has 0 heterocycles. The van der Waals surface area contributed by atoms with E-state index in [2.05, 4.69) is 34.6 Å². The van der Waals surface area contributed by atoms with Crippen LogP contribution >= 0.6 is 8.16 Å². The van der Waals surface area contributed by atoms with Gasteiger partial charge in [0, 0.05) is 6.92 Å². The molecule has 0 saturated carbocycles. The summed E-state index contributed by atoms with van der Waals surface area (Å²) in [6.07, 6.45) is 0. The van der Waals surface area contributed by atoms with Gasteiger partial charge >= 0.3 is 48.6 Å². The molecule has 0 aromatic heterocycles. The van der Waals surface area contributed by atoms with E-state index >= 15 is 0 Å². The maximum atomic E-state index is 9.84. The summed E-state index contributed by atoms with van der Waals surface area (Å²) in [6.45, 7) is 13.0. The Morgan fingerprint density at radius 3 is 1.04 bits per heavy atom. The van der Waals surface area contributed by atoms with Gasteiger partial charge in [0.25, 0.3) is 0 Å². The van der Waals surface area contributed by atoms with E-state index in [0.717, 1.165) is 17.8 Å². The maximum absolute atomic E-state index is 9.84. The summed E-state index contributed by atoms with van der Waals surface area (Å²) in [7, 11) is -8.55. The van der Waals surface area contributed by atoms with Gasteiger partial charge in [-0.2, -0.15) is 15.8 Å². The fraction of sp³-hybridized carbons (Fsp3) is 0.588. The van der Waals surface area contributed by atoms with Crippen LogP contribution in [0.2, 0.25) is 0 Å². The van der Waals surface area contributed by atoms with Crippen molar-refractivity contribution < 1.29 is 45.2 Å². The number of hydrogen-bond acceptors (Lipinski definition) is 3. The Hall–Kier alpha value is -1.16. The van der Waals surface area contributed by atoms with E-state index in [1.807, 2.05) is 0 Å². The zero-order valence-corrected chi connectivity index (χ0v) is 20.0. The summed E-state index contributed by atoms with van der Waals surface area (Å²) in [6, 6.07) is 5.06. The van der Waals surface area contributed by atoms with Gasteiger partial charge in [-0.15, -0.1) is 0 Å². The number of nitriles is 3. The second-order valence-corrected chi connectivity index (χ2v) is 6.44. The smallest absolute Gasteiger partial charge is 1.00 e. The quantitative estimate of drug-likeness (QED) is 0.147. The summed E-state index contributed by atoms with van der Waals surface area (Å²) in [5, 5.41) is 22.5. The summed E-state index contributed by atoms with van der Waals surface area (Å²) in [5.41, 5.74) is 3.25. The molecule has 0 fully saturated rings. The Morgan fingerprint density at radius 2 is 1.00 bits per heavy atom. The van der Waals surface area contributed by atoms with Crippen molar-refractivity contribution in [1.82, 2.24) is 0 Å². The van der Waals surface area contributed by atoms with Crippen LogP contribution in [-0.2, 0) is 19.5 Å². The van der Waals surface area contributed by atoms with Crippen molar-refractivity contribution >= 4 is 8.16 Å². The molecule has 0 radical (unpaired) electrons. The molecule has 11 heteroatoms. The fourth-order valence-corrected chi connectivity index (χ4v) is 1.98. The summed E-state index contributed by atoms with van der Waals surface area (Å²) < 4.78 is 49.2. The van der Waals surface area contributed by atoms with Crippen LogP contribution in [0.15, 0.2) is 11.1 Å². The van der Waals surface area contributed by atoms with Crippen LogP contribution in [0.1, 0.15) is 48.0 Å². The molecule has 0 aromatic rings. The summed E-state index contributed by atoms with van der Waals surface area (Å²) in [5.74, 6) is 2.49. The predicted octanol–water partition coefficient (Wildman–Crippen LogP) is 5.06. The molecule has 168 valence electrons. The van der Waals surface area contributed by atoms with Crippen LogP contribution in [0.3, 0.4) is 0 Å². The van der Waals surface area contributed by atoms with Gasteiger partial charge in [-0.25, -0.2) is 0 Å². The molecular formula is C17H29F6N3PRu-. The van der Waals surface area contributed by atoms with Crippen LogP contribution in [0.5, 0.6) is 0 Å². The molecule has 2 unspecified atom stereocenters. The summed E-state index contributed by atoms with van der Waals surface area (Å²) >= 11 is 0. The molecular weight excluding hydrogens is 492 g/mol. The van der Waals surface area contributed by atoms with Crippen molar-refractivity contribution in [3.8, 4) is 18.2 Å². The fourth-order valence-electron chi connectivity index (χ4n) is 1.98. The van der Waals surface area contributed by atoms with Gasteiger partial charge in [-0.1, -0.05) is 31.9 Å². The van der Waals surface area contributed by atoms with Gasteiger partial charge < -0.3 is 19.6 Å². The van der Waals surface area contributed by atoms with Crippen molar-refractivity contribution in [2.45, 2.75) is 48.0 Å². The minimum absolute atomic E-state index is 0. The Kier molecular flexibility index (Phi) is 33.5. The predicted molar refractivity (Wildman–Crippen MR) is 98.3 cm³/mol. The monoisotopic (exact) mass is 522 g/mol. The topological polar surface area (TPSA) is 71.4 Å². The van der Waals surface area contributed by atoms with Gasteiger partial charge in [0.1, 0.15) is 6.42 Å². The van der Waals surface area contributed by atoms with Crippen molar-refractivity contribution in [1.29, 1.82) is 15.8 Å². The first-order valence-corrected chi connectivity index (χ1v) is 8.64. The van der Waals surface area contributed by atoms with E-state index < -0.39 is 8.16 Å². The second-order valence-electron chi connectivity index (χ2n) is 5.16. The van der Waals surface area contributed by atoms with Crippen LogP contribution in [0.25, 0.3) is 0 Å². The third-order valence-corrected chi connectivity index (χ3v) is 3.72. The molecule has 0 bridgehead atoms. The van der Waals surface area contributed by atoms with Crippen molar-refractivity contribution in [3.05, 3.63) is 26.0 Å². The van der Waals surface area contributed by atoms with Crippen molar-refractivity contribution in [3.63, 3.8) is 0 Å². The first kappa shape index (κ1) is 45.5. The molecule has 0 amide bonds. The first-order valence-electron chi connectivity index (χ1n) is 6.95. The third kappa shape index (κ3) is 32.5. The molecule has 0 aliphatic heterocycles. The van der Waals surface area contributed by atoms with E-state index in [1.54, 1.807) is 29.4 Å². The Bertz CT molecular complexity index is 495. The van der Waals surface area contributed by atoms with E-state index in [0.29, 0.717) is 0 Å². The van der Waals surface area contributed by atoms with Crippen LogP contribution < -0.4 is 4.70 Å². The summed E-state index contributed by atoms with van der Waals surface area (Å²) in [4.78, 5) is 0.